The monoisotopic (exact) mass is 261 g/mol. The molecule has 1 unspecified atom stereocenters. The van der Waals surface area contributed by atoms with Crippen LogP contribution in [0.4, 0.5) is 0 Å². The van der Waals surface area contributed by atoms with Crippen molar-refractivity contribution in [2.24, 2.45) is 5.92 Å². The van der Waals surface area contributed by atoms with Gasteiger partial charge in [-0.3, -0.25) is 0 Å². The maximum absolute atomic E-state index is 3.67. The van der Waals surface area contributed by atoms with Gasteiger partial charge in [0.2, 0.25) is 0 Å². The molecule has 2 rings (SSSR count). The Hall–Kier alpha value is -0.860. The molecular formula is C16H23NS. The van der Waals surface area contributed by atoms with E-state index < -0.39 is 0 Å². The third kappa shape index (κ3) is 3.12. The van der Waals surface area contributed by atoms with Crippen molar-refractivity contribution in [2.75, 3.05) is 6.54 Å². The first-order valence-electron chi connectivity index (χ1n) is 6.96. The van der Waals surface area contributed by atoms with Crippen LogP contribution in [0.3, 0.4) is 0 Å². The molecule has 0 bridgehead atoms. The number of rotatable bonds is 6. The van der Waals surface area contributed by atoms with Crippen LogP contribution in [0.1, 0.15) is 44.5 Å². The Morgan fingerprint density at radius 2 is 1.89 bits per heavy atom. The number of hydrogen-bond donors (Lipinski definition) is 1. The average Bonchev–Trinajstić information content (AvgIpc) is 2.83. The van der Waals surface area contributed by atoms with Crippen molar-refractivity contribution in [3.8, 4) is 0 Å². The van der Waals surface area contributed by atoms with Gasteiger partial charge in [0.05, 0.1) is 0 Å². The molecule has 1 aromatic carbocycles. The van der Waals surface area contributed by atoms with Gasteiger partial charge >= 0.3 is 0 Å². The van der Waals surface area contributed by atoms with Gasteiger partial charge in [-0.25, -0.2) is 0 Å². The Balaban J connectivity index is 2.02. The summed E-state index contributed by atoms with van der Waals surface area (Å²) in [4.78, 5) is 1.45. The first-order valence-corrected chi connectivity index (χ1v) is 7.78. The minimum Gasteiger partial charge on any atom is -0.309 e. The molecule has 0 radical (unpaired) electrons. The summed E-state index contributed by atoms with van der Waals surface area (Å²) in [6.07, 6.45) is 2.53. The van der Waals surface area contributed by atoms with Gasteiger partial charge in [0, 0.05) is 15.6 Å². The van der Waals surface area contributed by atoms with E-state index in [1.165, 1.54) is 27.8 Å². The SMILES string of the molecule is CCC(CC)CNC(C)c1cc2ccccc2s1. The molecule has 18 heavy (non-hydrogen) atoms. The summed E-state index contributed by atoms with van der Waals surface area (Å²) in [6.45, 7) is 7.95. The Labute approximate surface area is 114 Å². The lowest BCUT2D eigenvalue weighted by Crippen LogP contribution is -2.24. The fourth-order valence-electron chi connectivity index (χ4n) is 2.24. The van der Waals surface area contributed by atoms with Crippen LogP contribution in [0.15, 0.2) is 30.3 Å². The van der Waals surface area contributed by atoms with Gasteiger partial charge in [-0.05, 0) is 36.9 Å². The van der Waals surface area contributed by atoms with Gasteiger partial charge in [-0.2, -0.15) is 0 Å². The minimum absolute atomic E-state index is 0.461. The van der Waals surface area contributed by atoms with Gasteiger partial charge in [-0.15, -0.1) is 11.3 Å². The summed E-state index contributed by atoms with van der Waals surface area (Å²) in [6, 6.07) is 11.4. The lowest BCUT2D eigenvalue weighted by molar-refractivity contribution is 0.424. The molecule has 0 saturated carbocycles. The molecule has 1 nitrogen and oxygen atoms in total. The molecular weight excluding hydrogens is 238 g/mol. The van der Waals surface area contributed by atoms with Gasteiger partial charge < -0.3 is 5.32 Å². The molecule has 0 aliphatic carbocycles. The summed E-state index contributed by atoms with van der Waals surface area (Å²) in [5.41, 5.74) is 0. The lowest BCUT2D eigenvalue weighted by Gasteiger charge is -2.17. The lowest BCUT2D eigenvalue weighted by atomic mass is 10.0. The zero-order valence-corrected chi connectivity index (χ0v) is 12.4. The summed E-state index contributed by atoms with van der Waals surface area (Å²) < 4.78 is 1.39. The average molecular weight is 261 g/mol. The van der Waals surface area contributed by atoms with Crippen LogP contribution in [0.25, 0.3) is 10.1 Å². The minimum atomic E-state index is 0.461. The van der Waals surface area contributed by atoms with E-state index in [1.807, 2.05) is 11.3 Å². The Morgan fingerprint density at radius 3 is 2.56 bits per heavy atom. The van der Waals surface area contributed by atoms with Crippen molar-refractivity contribution in [3.63, 3.8) is 0 Å². The van der Waals surface area contributed by atoms with Crippen LogP contribution >= 0.6 is 11.3 Å². The molecule has 1 atom stereocenters. The highest BCUT2D eigenvalue weighted by Crippen LogP contribution is 2.29. The van der Waals surface area contributed by atoms with Crippen LogP contribution in [0.2, 0.25) is 0 Å². The highest BCUT2D eigenvalue weighted by molar-refractivity contribution is 7.19. The van der Waals surface area contributed by atoms with E-state index in [0.29, 0.717) is 6.04 Å². The highest BCUT2D eigenvalue weighted by atomic mass is 32.1. The van der Waals surface area contributed by atoms with Crippen molar-refractivity contribution in [3.05, 3.63) is 35.2 Å². The first kappa shape index (κ1) is 13.6. The highest BCUT2D eigenvalue weighted by Gasteiger charge is 2.11. The number of fused-ring (bicyclic) bond motifs is 1. The van der Waals surface area contributed by atoms with Gasteiger partial charge in [0.1, 0.15) is 0 Å². The molecule has 1 heterocycles. The van der Waals surface area contributed by atoms with Crippen molar-refractivity contribution in [1.82, 2.24) is 5.32 Å². The second-order valence-corrected chi connectivity index (χ2v) is 6.11. The fourth-order valence-corrected chi connectivity index (χ4v) is 3.33. The first-order chi connectivity index (χ1) is 8.74. The van der Waals surface area contributed by atoms with Crippen molar-refractivity contribution in [1.29, 1.82) is 0 Å². The molecule has 0 spiro atoms. The predicted molar refractivity (Wildman–Crippen MR) is 82.3 cm³/mol. The number of thiophene rings is 1. The van der Waals surface area contributed by atoms with Gasteiger partial charge in [0.15, 0.2) is 0 Å². The molecule has 98 valence electrons. The summed E-state index contributed by atoms with van der Waals surface area (Å²) in [5, 5.41) is 5.04. The second-order valence-electron chi connectivity index (χ2n) is 5.00. The van der Waals surface area contributed by atoms with E-state index in [0.717, 1.165) is 12.5 Å². The van der Waals surface area contributed by atoms with Crippen molar-refractivity contribution < 1.29 is 0 Å². The van der Waals surface area contributed by atoms with Crippen LogP contribution in [0.5, 0.6) is 0 Å². The third-order valence-corrected chi connectivity index (χ3v) is 5.04. The molecule has 2 aromatic rings. The maximum Gasteiger partial charge on any atom is 0.0386 e. The van der Waals surface area contributed by atoms with Crippen LogP contribution in [-0.4, -0.2) is 6.54 Å². The number of benzene rings is 1. The molecule has 0 saturated heterocycles. The third-order valence-electron chi connectivity index (χ3n) is 3.74. The smallest absolute Gasteiger partial charge is 0.0386 e. The largest absolute Gasteiger partial charge is 0.309 e. The van der Waals surface area contributed by atoms with Crippen molar-refractivity contribution >= 4 is 21.4 Å². The molecule has 1 N–H and O–H groups in total. The standard InChI is InChI=1S/C16H23NS/c1-4-13(5-2)11-17-12(3)16-10-14-8-6-7-9-15(14)18-16/h6-10,12-13,17H,4-5,11H2,1-3H3. The van der Waals surface area contributed by atoms with Crippen LogP contribution in [-0.2, 0) is 0 Å². The summed E-state index contributed by atoms with van der Waals surface area (Å²) in [7, 11) is 0. The molecule has 0 fully saturated rings. The van der Waals surface area contributed by atoms with Crippen molar-refractivity contribution in [2.45, 2.75) is 39.7 Å². The van der Waals surface area contributed by atoms with E-state index in [9.17, 15) is 0 Å². The zero-order chi connectivity index (χ0) is 13.0. The van der Waals surface area contributed by atoms with Crippen LogP contribution in [0, 0.1) is 5.92 Å². The van der Waals surface area contributed by atoms with E-state index in [1.54, 1.807) is 0 Å². The molecule has 0 aliphatic rings. The van der Waals surface area contributed by atoms with E-state index in [2.05, 4.69) is 56.4 Å². The topological polar surface area (TPSA) is 12.0 Å². The van der Waals surface area contributed by atoms with Crippen LogP contribution < -0.4 is 5.32 Å². The number of hydrogen-bond acceptors (Lipinski definition) is 2. The van der Waals surface area contributed by atoms with Gasteiger partial charge in [0.25, 0.3) is 0 Å². The van der Waals surface area contributed by atoms with E-state index in [-0.39, 0.29) is 0 Å². The quantitative estimate of drug-likeness (QED) is 0.772. The Bertz CT molecular complexity index is 452. The van der Waals surface area contributed by atoms with E-state index >= 15 is 0 Å². The molecule has 2 heteroatoms. The second kappa shape index (κ2) is 6.35. The number of nitrogens with one attached hydrogen (secondary N) is 1. The zero-order valence-electron chi connectivity index (χ0n) is 11.6. The molecule has 1 aromatic heterocycles. The fraction of sp³-hybridized carbons (Fsp3) is 0.500. The summed E-state index contributed by atoms with van der Waals surface area (Å²) in [5.74, 6) is 0.807. The summed E-state index contributed by atoms with van der Waals surface area (Å²) >= 11 is 1.91. The maximum atomic E-state index is 3.67. The van der Waals surface area contributed by atoms with E-state index in [4.69, 9.17) is 0 Å². The normalized spacial score (nSPS) is 13.3. The Morgan fingerprint density at radius 1 is 1.17 bits per heavy atom. The molecule has 0 amide bonds. The molecule has 0 aliphatic heterocycles. The predicted octanol–water partition coefficient (Wildman–Crippen LogP) is 4.99. The van der Waals surface area contributed by atoms with Gasteiger partial charge in [-0.1, -0.05) is 44.9 Å². The Kier molecular flexibility index (Phi) is 4.79.